The van der Waals surface area contributed by atoms with Crippen molar-refractivity contribution < 1.29 is 16.8 Å². The van der Waals surface area contributed by atoms with Gasteiger partial charge in [-0.3, -0.25) is 4.31 Å². The van der Waals surface area contributed by atoms with Gasteiger partial charge in [-0.2, -0.15) is 5.26 Å². The molecule has 0 unspecified atom stereocenters. The van der Waals surface area contributed by atoms with Gasteiger partial charge in [-0.05, 0) is 61.3 Å². The summed E-state index contributed by atoms with van der Waals surface area (Å²) in [6, 6.07) is 24.3. The van der Waals surface area contributed by atoms with Crippen molar-refractivity contribution in [3.63, 3.8) is 0 Å². The molecule has 0 bridgehead atoms. The summed E-state index contributed by atoms with van der Waals surface area (Å²) in [6.45, 7) is 1.41. The fourth-order valence-corrected chi connectivity index (χ4v) is 7.55. The van der Waals surface area contributed by atoms with Crippen molar-refractivity contribution >= 4 is 25.7 Å². The van der Waals surface area contributed by atoms with Crippen molar-refractivity contribution in [1.29, 1.82) is 5.26 Å². The van der Waals surface area contributed by atoms with Crippen molar-refractivity contribution in [1.82, 2.24) is 9.62 Å². The van der Waals surface area contributed by atoms with E-state index in [1.165, 1.54) is 33.9 Å². The minimum Gasteiger partial charge on any atom is -0.317 e. The zero-order valence-electron chi connectivity index (χ0n) is 20.6. The summed E-state index contributed by atoms with van der Waals surface area (Å²) in [5.41, 5.74) is 1.86. The van der Waals surface area contributed by atoms with E-state index in [0.717, 1.165) is 5.56 Å². The molecular weight excluding hydrogens is 508 g/mol. The number of nitrogens with one attached hydrogen (secondary N) is 1. The second-order valence-corrected chi connectivity index (χ2v) is 13.2. The number of nitriles is 1. The summed E-state index contributed by atoms with van der Waals surface area (Å²) in [4.78, 5) is 0.140. The minimum atomic E-state index is -3.94. The van der Waals surface area contributed by atoms with Crippen LogP contribution in [0.25, 0.3) is 0 Å². The zero-order chi connectivity index (χ0) is 26.5. The molecular formula is C27H30N4O4S2. The Labute approximate surface area is 219 Å². The summed E-state index contributed by atoms with van der Waals surface area (Å²) in [5.74, 6) is 0. The third-order valence-electron chi connectivity index (χ3n) is 6.54. The molecule has 4 rings (SSSR count). The lowest BCUT2D eigenvalue weighted by molar-refractivity contribution is 0.428. The summed E-state index contributed by atoms with van der Waals surface area (Å²) >= 11 is 0. The largest absolute Gasteiger partial charge is 0.317 e. The van der Waals surface area contributed by atoms with E-state index in [4.69, 9.17) is 0 Å². The average molecular weight is 539 g/mol. The monoisotopic (exact) mass is 538 g/mol. The lowest BCUT2D eigenvalue weighted by Gasteiger charge is -2.28. The normalized spacial score (nSPS) is 14.8. The second kappa shape index (κ2) is 11.4. The van der Waals surface area contributed by atoms with Crippen LogP contribution in [-0.2, 0) is 33.1 Å². The maximum absolute atomic E-state index is 13.7. The van der Waals surface area contributed by atoms with Gasteiger partial charge < -0.3 is 5.32 Å². The first-order chi connectivity index (χ1) is 17.7. The molecule has 1 heterocycles. The van der Waals surface area contributed by atoms with Gasteiger partial charge in [-0.15, -0.1) is 0 Å². The number of piperidine rings is 1. The Bertz CT molecular complexity index is 1470. The van der Waals surface area contributed by atoms with E-state index >= 15 is 0 Å². The highest BCUT2D eigenvalue weighted by molar-refractivity contribution is 7.92. The molecule has 0 atom stereocenters. The zero-order valence-corrected chi connectivity index (χ0v) is 22.2. The lowest BCUT2D eigenvalue weighted by Crippen LogP contribution is -2.42. The molecule has 10 heteroatoms. The van der Waals surface area contributed by atoms with E-state index in [9.17, 15) is 22.1 Å². The van der Waals surface area contributed by atoms with Crippen LogP contribution >= 0.6 is 0 Å². The van der Waals surface area contributed by atoms with Crippen LogP contribution in [0.2, 0.25) is 0 Å². The molecule has 194 valence electrons. The fourth-order valence-electron chi connectivity index (χ4n) is 4.42. The summed E-state index contributed by atoms with van der Waals surface area (Å²) in [5, 5.41) is 12.6. The molecule has 3 aromatic carbocycles. The van der Waals surface area contributed by atoms with Crippen LogP contribution in [0.1, 0.15) is 29.5 Å². The molecule has 8 nitrogen and oxygen atoms in total. The molecule has 0 amide bonds. The molecule has 1 aliphatic rings. The van der Waals surface area contributed by atoms with Crippen LogP contribution in [0, 0.1) is 11.3 Å². The van der Waals surface area contributed by atoms with Crippen LogP contribution in [0.4, 0.5) is 5.69 Å². The lowest BCUT2D eigenvalue weighted by atomic mass is 10.1. The molecule has 1 saturated heterocycles. The quantitative estimate of drug-likeness (QED) is 0.447. The van der Waals surface area contributed by atoms with E-state index in [2.05, 4.69) is 11.4 Å². The van der Waals surface area contributed by atoms with Gasteiger partial charge >= 0.3 is 0 Å². The topological polar surface area (TPSA) is 111 Å². The van der Waals surface area contributed by atoms with Gasteiger partial charge in [-0.1, -0.05) is 54.6 Å². The minimum absolute atomic E-state index is 0.0273. The first-order valence-electron chi connectivity index (χ1n) is 12.0. The smallest absolute Gasteiger partial charge is 0.264 e. The van der Waals surface area contributed by atoms with Crippen LogP contribution in [0.3, 0.4) is 0 Å². The molecule has 37 heavy (non-hydrogen) atoms. The first kappa shape index (κ1) is 26.8. The molecule has 0 spiro atoms. The van der Waals surface area contributed by atoms with Crippen molar-refractivity contribution in [2.45, 2.75) is 36.1 Å². The van der Waals surface area contributed by atoms with Gasteiger partial charge in [-0.25, -0.2) is 21.1 Å². The van der Waals surface area contributed by atoms with Gasteiger partial charge in [0.05, 0.1) is 34.0 Å². The standard InChI is InChI=1S/C27H30N4O4S2/c1-30(36(32,33)27-14-16-29-17-15-27)21-23-12-13-25(18-24(23)19-28)31(20-22-8-4-2-5-9-22)37(34,35)26-10-6-3-7-11-26/h2-13,18,27,29H,14-17,20-21H2,1H3. The fraction of sp³-hybridized carbons (Fsp3) is 0.296. The Balaban J connectivity index is 1.68. The van der Waals surface area contributed by atoms with E-state index < -0.39 is 25.3 Å². The SMILES string of the molecule is CN(Cc1ccc(N(Cc2ccccc2)S(=O)(=O)c2ccccc2)cc1C#N)S(=O)(=O)C1CCNCC1. The molecule has 1 fully saturated rings. The Morgan fingerprint density at radius 3 is 2.14 bits per heavy atom. The molecule has 1 aliphatic heterocycles. The number of nitrogens with zero attached hydrogens (tertiary/aromatic N) is 3. The van der Waals surface area contributed by atoms with Gasteiger partial charge in [0.15, 0.2) is 0 Å². The van der Waals surface area contributed by atoms with E-state index in [1.807, 2.05) is 30.3 Å². The molecule has 1 N–H and O–H groups in total. The highest BCUT2D eigenvalue weighted by Crippen LogP contribution is 2.29. The van der Waals surface area contributed by atoms with Crippen molar-refractivity contribution in [3.05, 3.63) is 95.6 Å². The first-order valence-corrected chi connectivity index (χ1v) is 15.0. The maximum atomic E-state index is 13.7. The summed E-state index contributed by atoms with van der Waals surface area (Å²) in [7, 11) is -5.95. The Morgan fingerprint density at radius 2 is 1.51 bits per heavy atom. The number of benzene rings is 3. The van der Waals surface area contributed by atoms with Crippen molar-refractivity contribution in [2.75, 3.05) is 24.4 Å². The van der Waals surface area contributed by atoms with Gasteiger partial charge in [0, 0.05) is 13.6 Å². The Morgan fingerprint density at radius 1 is 0.892 bits per heavy atom. The van der Waals surface area contributed by atoms with E-state index in [0.29, 0.717) is 37.2 Å². The van der Waals surface area contributed by atoms with Crippen LogP contribution in [0.15, 0.2) is 83.8 Å². The van der Waals surface area contributed by atoms with Crippen molar-refractivity contribution in [3.8, 4) is 6.07 Å². The molecule has 0 saturated carbocycles. The van der Waals surface area contributed by atoms with E-state index in [1.54, 1.807) is 30.3 Å². The number of hydrogen-bond acceptors (Lipinski definition) is 6. The maximum Gasteiger partial charge on any atom is 0.264 e. The van der Waals surface area contributed by atoms with Gasteiger partial charge in [0.2, 0.25) is 10.0 Å². The summed E-state index contributed by atoms with van der Waals surface area (Å²) in [6.07, 6.45) is 1.09. The van der Waals surface area contributed by atoms with Crippen LogP contribution < -0.4 is 9.62 Å². The predicted molar refractivity (Wildman–Crippen MR) is 144 cm³/mol. The summed E-state index contributed by atoms with van der Waals surface area (Å²) < 4.78 is 56.0. The molecule has 3 aromatic rings. The third-order valence-corrected chi connectivity index (χ3v) is 10.6. The Hall–Kier alpha value is -3.23. The molecule has 0 radical (unpaired) electrons. The number of hydrogen-bond donors (Lipinski definition) is 1. The number of rotatable bonds is 9. The molecule has 0 aromatic heterocycles. The van der Waals surface area contributed by atoms with Crippen LogP contribution in [-0.4, -0.2) is 46.5 Å². The third kappa shape index (κ3) is 6.02. The van der Waals surface area contributed by atoms with Gasteiger partial charge in [0.25, 0.3) is 10.0 Å². The number of sulfonamides is 2. The molecule has 0 aliphatic carbocycles. The van der Waals surface area contributed by atoms with E-state index in [-0.39, 0.29) is 23.5 Å². The second-order valence-electron chi connectivity index (χ2n) is 9.01. The average Bonchev–Trinajstić information content (AvgIpc) is 2.93. The highest BCUT2D eigenvalue weighted by atomic mass is 32.2. The van der Waals surface area contributed by atoms with Gasteiger partial charge in [0.1, 0.15) is 0 Å². The van der Waals surface area contributed by atoms with Crippen LogP contribution in [0.5, 0.6) is 0 Å². The number of anilines is 1. The predicted octanol–water partition coefficient (Wildman–Crippen LogP) is 3.47. The Kier molecular flexibility index (Phi) is 8.29. The highest BCUT2D eigenvalue weighted by Gasteiger charge is 2.31. The van der Waals surface area contributed by atoms with Crippen molar-refractivity contribution in [2.24, 2.45) is 0 Å².